The van der Waals surface area contributed by atoms with E-state index in [9.17, 15) is 4.79 Å². The predicted octanol–water partition coefficient (Wildman–Crippen LogP) is 4.81. The monoisotopic (exact) mass is 358 g/mol. The highest BCUT2D eigenvalue weighted by atomic mass is 32.2. The Morgan fingerprint density at radius 2 is 1.48 bits per heavy atom. The van der Waals surface area contributed by atoms with Crippen LogP contribution in [0.1, 0.15) is 15.9 Å². The fourth-order valence-electron chi connectivity index (χ4n) is 1.87. The number of nitrogens with zero attached hydrogens (tertiary/aromatic N) is 2. The van der Waals surface area contributed by atoms with Crippen LogP contribution in [0.3, 0.4) is 0 Å². The van der Waals surface area contributed by atoms with Crippen LogP contribution in [-0.2, 0) is 5.75 Å². The molecular weight excluding hydrogens is 344 g/mol. The molecule has 0 spiro atoms. The molecule has 0 aliphatic carbocycles. The van der Waals surface area contributed by atoms with Crippen molar-refractivity contribution in [3.05, 3.63) is 71.8 Å². The highest BCUT2D eigenvalue weighted by molar-refractivity contribution is 8.03. The molecule has 2 aromatic carbocycles. The first kappa shape index (κ1) is 16.2. The maximum Gasteiger partial charge on any atom is 0.175 e. The number of carbonyl (C=O) groups is 1. The third kappa shape index (κ3) is 4.92. The molecule has 0 amide bonds. The van der Waals surface area contributed by atoms with Gasteiger partial charge in [-0.3, -0.25) is 4.79 Å². The second-order valence-corrected chi connectivity index (χ2v) is 8.11. The minimum absolute atomic E-state index is 0.115. The van der Waals surface area contributed by atoms with Gasteiger partial charge >= 0.3 is 0 Å². The summed E-state index contributed by atoms with van der Waals surface area (Å²) >= 11 is 4.66. The summed E-state index contributed by atoms with van der Waals surface area (Å²) < 4.78 is 1.77. The summed E-state index contributed by atoms with van der Waals surface area (Å²) in [6.45, 7) is 0. The lowest BCUT2D eigenvalue weighted by atomic mass is 10.2. The van der Waals surface area contributed by atoms with Crippen LogP contribution >= 0.6 is 34.9 Å². The molecule has 0 fully saturated rings. The maximum atomic E-state index is 12.1. The van der Waals surface area contributed by atoms with Gasteiger partial charge in [0, 0.05) is 11.3 Å². The van der Waals surface area contributed by atoms with Crippen molar-refractivity contribution in [1.82, 2.24) is 10.2 Å². The van der Waals surface area contributed by atoms with Gasteiger partial charge in [0.2, 0.25) is 0 Å². The molecule has 0 saturated carbocycles. The van der Waals surface area contributed by atoms with Crippen LogP contribution in [0.5, 0.6) is 0 Å². The van der Waals surface area contributed by atoms with Gasteiger partial charge < -0.3 is 0 Å². The van der Waals surface area contributed by atoms with E-state index in [1.54, 1.807) is 23.1 Å². The Labute approximate surface area is 147 Å². The van der Waals surface area contributed by atoms with Crippen molar-refractivity contribution in [2.75, 3.05) is 5.75 Å². The summed E-state index contributed by atoms with van der Waals surface area (Å²) in [4.78, 5) is 12.1. The van der Waals surface area contributed by atoms with E-state index in [1.807, 2.05) is 48.5 Å². The van der Waals surface area contributed by atoms with Gasteiger partial charge in [-0.2, -0.15) is 0 Å². The van der Waals surface area contributed by atoms with Crippen LogP contribution in [0.25, 0.3) is 0 Å². The van der Waals surface area contributed by atoms with Crippen LogP contribution in [0.15, 0.2) is 69.3 Å². The molecule has 0 radical (unpaired) electrons. The first-order valence-corrected chi connectivity index (χ1v) is 9.81. The summed E-state index contributed by atoms with van der Waals surface area (Å²) in [5.74, 6) is 1.38. The molecular formula is C17H14N2OS3. The lowest BCUT2D eigenvalue weighted by molar-refractivity contribution is 0.102. The van der Waals surface area contributed by atoms with E-state index in [1.165, 1.54) is 17.3 Å². The van der Waals surface area contributed by atoms with Gasteiger partial charge in [-0.15, -0.1) is 10.2 Å². The Hall–Kier alpha value is -1.63. The van der Waals surface area contributed by atoms with E-state index in [4.69, 9.17) is 0 Å². The molecule has 0 aliphatic rings. The van der Waals surface area contributed by atoms with Crippen molar-refractivity contribution in [3.63, 3.8) is 0 Å². The number of rotatable bonds is 7. The van der Waals surface area contributed by atoms with Gasteiger partial charge in [-0.25, -0.2) is 0 Å². The third-order valence-electron chi connectivity index (χ3n) is 3.02. The molecule has 0 atom stereocenters. The Kier molecular flexibility index (Phi) is 5.85. The molecule has 3 rings (SSSR count). The minimum atomic E-state index is 0.115. The Bertz CT molecular complexity index is 760. The number of hydrogen-bond donors (Lipinski definition) is 0. The second kappa shape index (κ2) is 8.29. The maximum absolute atomic E-state index is 12.1. The number of thioether (sulfide) groups is 2. The quantitative estimate of drug-likeness (QED) is 0.448. The van der Waals surface area contributed by atoms with Gasteiger partial charge in [0.25, 0.3) is 0 Å². The first-order valence-electron chi connectivity index (χ1n) is 7.02. The minimum Gasteiger partial charge on any atom is -0.293 e. The number of aromatic nitrogens is 2. The van der Waals surface area contributed by atoms with Crippen molar-refractivity contribution >= 4 is 40.6 Å². The van der Waals surface area contributed by atoms with E-state index >= 15 is 0 Å². The zero-order valence-corrected chi connectivity index (χ0v) is 14.7. The summed E-state index contributed by atoms with van der Waals surface area (Å²) in [7, 11) is 0. The average molecular weight is 359 g/mol. The third-order valence-corrected chi connectivity index (χ3v) is 6.28. The number of carbonyl (C=O) groups excluding carboxylic acids is 1. The van der Waals surface area contributed by atoms with Crippen molar-refractivity contribution in [2.24, 2.45) is 0 Å². The highest BCUT2D eigenvalue weighted by Crippen LogP contribution is 2.30. The molecule has 116 valence electrons. The SMILES string of the molecule is O=C(CSc1nnc(SCc2ccccc2)s1)c1ccccc1. The topological polar surface area (TPSA) is 42.9 Å². The molecule has 3 nitrogen and oxygen atoms in total. The molecule has 1 heterocycles. The zero-order chi connectivity index (χ0) is 15.9. The highest BCUT2D eigenvalue weighted by Gasteiger charge is 2.10. The largest absolute Gasteiger partial charge is 0.293 e. The van der Waals surface area contributed by atoms with E-state index < -0.39 is 0 Å². The van der Waals surface area contributed by atoms with Crippen LogP contribution in [0, 0.1) is 0 Å². The van der Waals surface area contributed by atoms with Crippen LogP contribution in [0.4, 0.5) is 0 Å². The molecule has 0 saturated heterocycles. The van der Waals surface area contributed by atoms with Crippen LogP contribution < -0.4 is 0 Å². The fraction of sp³-hybridized carbons (Fsp3) is 0.118. The summed E-state index contributed by atoms with van der Waals surface area (Å²) in [6.07, 6.45) is 0. The fourth-order valence-corrected chi connectivity index (χ4v) is 4.74. The van der Waals surface area contributed by atoms with Crippen molar-refractivity contribution in [1.29, 1.82) is 0 Å². The number of ketones is 1. The molecule has 0 N–H and O–H groups in total. The van der Waals surface area contributed by atoms with E-state index in [0.29, 0.717) is 5.75 Å². The second-order valence-electron chi connectivity index (χ2n) is 4.69. The predicted molar refractivity (Wildman–Crippen MR) is 97.4 cm³/mol. The summed E-state index contributed by atoms with van der Waals surface area (Å²) in [6, 6.07) is 19.6. The van der Waals surface area contributed by atoms with Crippen molar-refractivity contribution < 1.29 is 4.79 Å². The Balaban J connectivity index is 1.50. The van der Waals surface area contributed by atoms with Crippen molar-refractivity contribution in [3.8, 4) is 0 Å². The number of benzene rings is 2. The molecule has 0 unspecified atom stereocenters. The zero-order valence-electron chi connectivity index (χ0n) is 12.2. The van der Waals surface area contributed by atoms with Gasteiger partial charge in [0.1, 0.15) is 0 Å². The molecule has 1 aromatic heterocycles. The Morgan fingerprint density at radius 1 is 0.870 bits per heavy atom. The molecule has 6 heteroatoms. The molecule has 0 bridgehead atoms. The van der Waals surface area contributed by atoms with E-state index in [0.717, 1.165) is 20.0 Å². The molecule has 0 aliphatic heterocycles. The van der Waals surface area contributed by atoms with Gasteiger partial charge in [0.05, 0.1) is 5.75 Å². The smallest absolute Gasteiger partial charge is 0.175 e. The normalized spacial score (nSPS) is 10.6. The number of hydrogen-bond acceptors (Lipinski definition) is 6. The lowest BCUT2D eigenvalue weighted by Gasteiger charge is -1.98. The standard InChI is InChI=1S/C17H14N2OS3/c20-15(14-9-5-2-6-10-14)12-22-17-19-18-16(23-17)21-11-13-7-3-1-4-8-13/h1-10H,11-12H2. The van der Waals surface area contributed by atoms with Gasteiger partial charge in [-0.05, 0) is 5.56 Å². The van der Waals surface area contributed by atoms with E-state index in [2.05, 4.69) is 22.3 Å². The number of Topliss-reactive ketones (excluding diaryl/α,β-unsaturated/α-hetero) is 1. The molecule has 3 aromatic rings. The van der Waals surface area contributed by atoms with Crippen molar-refractivity contribution in [2.45, 2.75) is 14.4 Å². The van der Waals surface area contributed by atoms with Gasteiger partial charge in [-0.1, -0.05) is 95.5 Å². The first-order chi connectivity index (χ1) is 11.3. The van der Waals surface area contributed by atoms with Crippen LogP contribution in [0.2, 0.25) is 0 Å². The Morgan fingerprint density at radius 3 is 2.17 bits per heavy atom. The van der Waals surface area contributed by atoms with E-state index in [-0.39, 0.29) is 5.78 Å². The lowest BCUT2D eigenvalue weighted by Crippen LogP contribution is -2.01. The van der Waals surface area contributed by atoms with Crippen LogP contribution in [-0.4, -0.2) is 21.7 Å². The summed E-state index contributed by atoms with van der Waals surface area (Å²) in [5, 5.41) is 8.33. The summed E-state index contributed by atoms with van der Waals surface area (Å²) in [5.41, 5.74) is 2.00. The average Bonchev–Trinajstić information content (AvgIpc) is 3.07. The molecule has 23 heavy (non-hydrogen) atoms. The van der Waals surface area contributed by atoms with Gasteiger partial charge in [0.15, 0.2) is 14.5 Å².